The maximum Gasteiger partial charge on any atom is 0.293 e. The number of benzene rings is 2. The van der Waals surface area contributed by atoms with Crippen molar-refractivity contribution >= 4 is 17.3 Å². The molecule has 2 aromatic rings. The first-order chi connectivity index (χ1) is 14.3. The van der Waals surface area contributed by atoms with E-state index in [-0.39, 0.29) is 17.2 Å². The molecule has 160 valence electrons. The smallest absolute Gasteiger partial charge is 0.293 e. The predicted octanol–water partition coefficient (Wildman–Crippen LogP) is 3.82. The number of hydrogen-bond donors (Lipinski definition) is 1. The van der Waals surface area contributed by atoms with Crippen molar-refractivity contribution < 1.29 is 9.72 Å². The molecule has 3 rings (SSSR count). The fourth-order valence-corrected chi connectivity index (χ4v) is 3.71. The average molecular weight is 411 g/mol. The third-order valence-corrected chi connectivity index (χ3v) is 5.67. The molecule has 1 N–H and O–H groups in total. The number of amides is 1. The van der Waals surface area contributed by atoms with Crippen LogP contribution in [-0.4, -0.2) is 42.9 Å². The van der Waals surface area contributed by atoms with Gasteiger partial charge in [0.15, 0.2) is 0 Å². The maximum absolute atomic E-state index is 12.5. The van der Waals surface area contributed by atoms with E-state index in [4.69, 9.17) is 0 Å². The number of nitro benzene ring substituents is 1. The van der Waals surface area contributed by atoms with Gasteiger partial charge in [-0.2, -0.15) is 0 Å². The van der Waals surface area contributed by atoms with Crippen molar-refractivity contribution in [2.24, 2.45) is 5.92 Å². The minimum absolute atomic E-state index is 0.0795. The number of likely N-dealkylation sites (tertiary alicyclic amines) is 1. The number of anilines is 1. The van der Waals surface area contributed by atoms with Crippen LogP contribution < -0.4 is 10.2 Å². The Hall–Kier alpha value is -2.93. The van der Waals surface area contributed by atoms with E-state index in [1.54, 1.807) is 31.1 Å². The molecule has 1 fully saturated rings. The van der Waals surface area contributed by atoms with Crippen molar-refractivity contribution in [2.75, 3.05) is 32.1 Å². The molecule has 0 saturated carbocycles. The summed E-state index contributed by atoms with van der Waals surface area (Å²) in [6.07, 6.45) is 2.52. The number of rotatable bonds is 7. The molecule has 0 bridgehead atoms. The van der Waals surface area contributed by atoms with Crippen LogP contribution >= 0.6 is 0 Å². The highest BCUT2D eigenvalue weighted by atomic mass is 16.6. The van der Waals surface area contributed by atoms with Gasteiger partial charge in [-0.1, -0.05) is 31.2 Å². The predicted molar refractivity (Wildman–Crippen MR) is 119 cm³/mol. The summed E-state index contributed by atoms with van der Waals surface area (Å²) in [5.41, 5.74) is 2.94. The van der Waals surface area contributed by atoms with Crippen molar-refractivity contribution in [1.82, 2.24) is 10.2 Å². The van der Waals surface area contributed by atoms with Crippen molar-refractivity contribution in [2.45, 2.75) is 32.9 Å². The summed E-state index contributed by atoms with van der Waals surface area (Å²) in [5.74, 6) is 0.502. The summed E-state index contributed by atoms with van der Waals surface area (Å²) in [4.78, 5) is 27.5. The molecule has 1 aliphatic heterocycles. The Labute approximate surface area is 177 Å². The molecular formula is C23H30N4O3. The van der Waals surface area contributed by atoms with E-state index in [0.717, 1.165) is 31.1 Å². The monoisotopic (exact) mass is 410 g/mol. The molecule has 0 aromatic heterocycles. The van der Waals surface area contributed by atoms with Gasteiger partial charge in [0.25, 0.3) is 11.6 Å². The van der Waals surface area contributed by atoms with Crippen LogP contribution in [0.2, 0.25) is 0 Å². The third kappa shape index (κ3) is 5.57. The number of nitrogens with one attached hydrogen (secondary N) is 1. The third-order valence-electron chi connectivity index (χ3n) is 5.67. The minimum Gasteiger partial charge on any atom is -0.372 e. The zero-order valence-corrected chi connectivity index (χ0v) is 17.9. The van der Waals surface area contributed by atoms with Gasteiger partial charge in [0.05, 0.1) is 4.92 Å². The van der Waals surface area contributed by atoms with Gasteiger partial charge in [0, 0.05) is 38.8 Å². The van der Waals surface area contributed by atoms with Crippen LogP contribution in [-0.2, 0) is 13.1 Å². The summed E-state index contributed by atoms with van der Waals surface area (Å²) in [6, 6.07) is 12.8. The molecule has 1 aliphatic rings. The van der Waals surface area contributed by atoms with Crippen molar-refractivity contribution in [1.29, 1.82) is 0 Å². The van der Waals surface area contributed by atoms with Crippen LogP contribution in [0.4, 0.5) is 11.4 Å². The number of nitro groups is 1. The number of carbonyl (C=O) groups excluding carboxylic acids is 1. The Morgan fingerprint density at radius 2 is 1.77 bits per heavy atom. The SMILES string of the molecule is CC1CCN(Cc2ccc(CNC(=O)c3ccc(N(C)C)c([N+](=O)[O-])c3)cc2)CC1. The molecule has 0 unspecified atom stereocenters. The van der Waals surface area contributed by atoms with Gasteiger partial charge in [-0.15, -0.1) is 0 Å². The summed E-state index contributed by atoms with van der Waals surface area (Å²) >= 11 is 0. The molecule has 0 aliphatic carbocycles. The average Bonchev–Trinajstić information content (AvgIpc) is 2.74. The van der Waals surface area contributed by atoms with Crippen LogP contribution in [0.1, 0.15) is 41.3 Å². The number of carbonyl (C=O) groups is 1. The molecule has 0 spiro atoms. The van der Waals surface area contributed by atoms with E-state index >= 15 is 0 Å². The van der Waals surface area contributed by atoms with Crippen LogP contribution in [0, 0.1) is 16.0 Å². The van der Waals surface area contributed by atoms with Gasteiger partial charge in [0.2, 0.25) is 0 Å². The van der Waals surface area contributed by atoms with Gasteiger partial charge in [-0.3, -0.25) is 19.8 Å². The van der Waals surface area contributed by atoms with Crippen molar-refractivity contribution in [3.05, 3.63) is 69.3 Å². The topological polar surface area (TPSA) is 78.7 Å². The standard InChI is InChI=1S/C23H30N4O3/c1-17-10-12-26(13-11-17)16-19-6-4-18(5-7-19)15-24-23(28)20-8-9-21(25(2)3)22(14-20)27(29)30/h4-9,14,17H,10-13,15-16H2,1-3H3,(H,24,28). The second kappa shape index (κ2) is 9.71. The highest BCUT2D eigenvalue weighted by Gasteiger charge is 2.19. The lowest BCUT2D eigenvalue weighted by Gasteiger charge is -2.30. The lowest BCUT2D eigenvalue weighted by molar-refractivity contribution is -0.384. The molecule has 0 atom stereocenters. The van der Waals surface area contributed by atoms with Crippen LogP contribution in [0.3, 0.4) is 0 Å². The molecule has 2 aromatic carbocycles. The summed E-state index contributed by atoms with van der Waals surface area (Å²) < 4.78 is 0. The number of nitrogens with zero attached hydrogens (tertiary/aromatic N) is 3. The molecule has 30 heavy (non-hydrogen) atoms. The maximum atomic E-state index is 12.5. The quantitative estimate of drug-likeness (QED) is 0.554. The van der Waals surface area contributed by atoms with Crippen LogP contribution in [0.5, 0.6) is 0 Å². The minimum atomic E-state index is -0.464. The number of piperidine rings is 1. The summed E-state index contributed by atoms with van der Waals surface area (Å²) in [6.45, 7) is 5.95. The Morgan fingerprint density at radius 3 is 2.37 bits per heavy atom. The zero-order chi connectivity index (χ0) is 21.7. The highest BCUT2D eigenvalue weighted by Crippen LogP contribution is 2.27. The number of hydrogen-bond acceptors (Lipinski definition) is 5. The second-order valence-electron chi connectivity index (χ2n) is 8.31. The Balaban J connectivity index is 1.57. The van der Waals surface area contributed by atoms with Crippen molar-refractivity contribution in [3.8, 4) is 0 Å². The summed E-state index contributed by atoms with van der Waals surface area (Å²) in [5, 5.41) is 14.2. The zero-order valence-electron chi connectivity index (χ0n) is 17.9. The van der Waals surface area contributed by atoms with Gasteiger partial charge in [-0.05, 0) is 55.1 Å². The van der Waals surface area contributed by atoms with Crippen LogP contribution in [0.15, 0.2) is 42.5 Å². The van der Waals surface area contributed by atoms with E-state index in [1.807, 2.05) is 12.1 Å². The Kier molecular flexibility index (Phi) is 7.05. The van der Waals surface area contributed by atoms with Crippen molar-refractivity contribution in [3.63, 3.8) is 0 Å². The lowest BCUT2D eigenvalue weighted by atomic mass is 9.99. The van der Waals surface area contributed by atoms with Gasteiger partial charge >= 0.3 is 0 Å². The van der Waals surface area contributed by atoms with Gasteiger partial charge < -0.3 is 10.2 Å². The molecular weight excluding hydrogens is 380 g/mol. The molecule has 1 amide bonds. The first kappa shape index (κ1) is 21.8. The van der Waals surface area contributed by atoms with E-state index < -0.39 is 4.92 Å². The van der Waals surface area contributed by atoms with E-state index in [9.17, 15) is 14.9 Å². The molecule has 0 radical (unpaired) electrons. The van der Waals surface area contributed by atoms with Crippen LogP contribution in [0.25, 0.3) is 0 Å². The molecule has 1 saturated heterocycles. The fraction of sp³-hybridized carbons (Fsp3) is 0.435. The van der Waals surface area contributed by atoms with E-state index in [2.05, 4.69) is 29.3 Å². The Morgan fingerprint density at radius 1 is 1.13 bits per heavy atom. The van der Waals surface area contributed by atoms with E-state index in [0.29, 0.717) is 12.2 Å². The van der Waals surface area contributed by atoms with E-state index in [1.165, 1.54) is 24.5 Å². The largest absolute Gasteiger partial charge is 0.372 e. The normalized spacial score (nSPS) is 15.0. The summed E-state index contributed by atoms with van der Waals surface area (Å²) in [7, 11) is 3.47. The molecule has 7 nitrogen and oxygen atoms in total. The first-order valence-electron chi connectivity index (χ1n) is 10.4. The second-order valence-corrected chi connectivity index (χ2v) is 8.31. The lowest BCUT2D eigenvalue weighted by Crippen LogP contribution is -2.32. The highest BCUT2D eigenvalue weighted by molar-refractivity contribution is 5.95. The Bertz CT molecular complexity index is 888. The molecule has 7 heteroatoms. The first-order valence-corrected chi connectivity index (χ1v) is 10.4. The molecule has 1 heterocycles. The fourth-order valence-electron chi connectivity index (χ4n) is 3.71. The van der Waals surface area contributed by atoms with Gasteiger partial charge in [0.1, 0.15) is 5.69 Å². The van der Waals surface area contributed by atoms with Gasteiger partial charge in [-0.25, -0.2) is 0 Å².